The lowest BCUT2D eigenvalue weighted by Crippen LogP contribution is -2.37. The van der Waals surface area contributed by atoms with Crippen LogP contribution >= 0.6 is 0 Å². The highest BCUT2D eigenvalue weighted by atomic mass is 16.3. The third-order valence-electron chi connectivity index (χ3n) is 3.16. The molecule has 20 heavy (non-hydrogen) atoms. The highest BCUT2D eigenvalue weighted by molar-refractivity contribution is 5.92. The van der Waals surface area contributed by atoms with Crippen LogP contribution in [0.2, 0.25) is 0 Å². The summed E-state index contributed by atoms with van der Waals surface area (Å²) in [4.78, 5) is 11.8. The second-order valence-electron chi connectivity index (χ2n) is 5.71. The molecule has 2 N–H and O–H groups in total. The van der Waals surface area contributed by atoms with Crippen molar-refractivity contribution in [3.63, 3.8) is 0 Å². The second kappa shape index (κ2) is 7.85. The van der Waals surface area contributed by atoms with Gasteiger partial charge in [0.25, 0.3) is 0 Å². The maximum absolute atomic E-state index is 11.8. The van der Waals surface area contributed by atoms with Crippen LogP contribution < -0.4 is 5.32 Å². The number of carbonyl (C=O) groups excluding carboxylic acids is 1. The van der Waals surface area contributed by atoms with Gasteiger partial charge in [-0.25, -0.2) is 0 Å². The Balaban J connectivity index is 2.62. The zero-order valence-corrected chi connectivity index (χ0v) is 12.8. The number of hydrogen-bond acceptors (Lipinski definition) is 2. The molecule has 1 unspecified atom stereocenters. The monoisotopic (exact) mass is 275 g/mol. The van der Waals surface area contributed by atoms with Crippen molar-refractivity contribution < 1.29 is 9.90 Å². The molecule has 0 aliphatic heterocycles. The molecule has 0 bridgehead atoms. The molecule has 1 aromatic rings. The quantitative estimate of drug-likeness (QED) is 0.784. The van der Waals surface area contributed by atoms with Gasteiger partial charge in [-0.05, 0) is 43.4 Å². The predicted molar refractivity (Wildman–Crippen MR) is 83.4 cm³/mol. The summed E-state index contributed by atoms with van der Waals surface area (Å²) in [6.07, 6.45) is 4.12. The summed E-state index contributed by atoms with van der Waals surface area (Å²) in [5.41, 5.74) is 3.39. The molecule has 0 saturated carbocycles. The first kappa shape index (κ1) is 16.4. The lowest BCUT2D eigenvalue weighted by molar-refractivity contribution is -0.117. The van der Waals surface area contributed by atoms with Crippen molar-refractivity contribution in [1.29, 1.82) is 0 Å². The smallest absolute Gasteiger partial charge is 0.244 e. The fourth-order valence-electron chi connectivity index (χ4n) is 2.18. The Labute approximate surface area is 121 Å². The van der Waals surface area contributed by atoms with Crippen LogP contribution in [0.4, 0.5) is 0 Å². The van der Waals surface area contributed by atoms with Crippen LogP contribution in [0, 0.1) is 19.8 Å². The average molecular weight is 275 g/mol. The standard InChI is InChI=1S/C17H25NO2/c1-12(2)9-16(11-19)18-17(20)8-7-15-6-5-13(3)10-14(15)4/h5-8,10,12,16,19H,9,11H2,1-4H3,(H,18,20)/b8-7+. The van der Waals surface area contributed by atoms with Gasteiger partial charge in [0.2, 0.25) is 5.91 Å². The fraction of sp³-hybridized carbons (Fsp3) is 0.471. The van der Waals surface area contributed by atoms with Gasteiger partial charge in [-0.15, -0.1) is 0 Å². The Kier molecular flexibility index (Phi) is 6.46. The Bertz CT molecular complexity index is 478. The number of aliphatic hydroxyl groups is 1. The molecule has 0 aliphatic carbocycles. The average Bonchev–Trinajstić information content (AvgIpc) is 2.36. The molecule has 0 heterocycles. The number of nitrogens with one attached hydrogen (secondary N) is 1. The first-order valence-electron chi connectivity index (χ1n) is 7.09. The highest BCUT2D eigenvalue weighted by Crippen LogP contribution is 2.12. The van der Waals surface area contributed by atoms with E-state index in [1.807, 2.05) is 32.1 Å². The van der Waals surface area contributed by atoms with Crippen molar-refractivity contribution >= 4 is 12.0 Å². The van der Waals surface area contributed by atoms with Gasteiger partial charge in [-0.1, -0.05) is 37.6 Å². The minimum atomic E-state index is -0.175. The van der Waals surface area contributed by atoms with Gasteiger partial charge in [0.05, 0.1) is 12.6 Å². The molecular formula is C17H25NO2. The summed E-state index contributed by atoms with van der Waals surface area (Å²) in [5, 5.41) is 12.1. The Morgan fingerprint density at radius 3 is 2.60 bits per heavy atom. The van der Waals surface area contributed by atoms with Gasteiger partial charge in [-0.2, -0.15) is 0 Å². The number of aliphatic hydroxyl groups excluding tert-OH is 1. The molecule has 3 heteroatoms. The first-order valence-corrected chi connectivity index (χ1v) is 7.09. The zero-order valence-electron chi connectivity index (χ0n) is 12.8. The fourth-order valence-corrected chi connectivity index (χ4v) is 2.18. The van der Waals surface area contributed by atoms with E-state index >= 15 is 0 Å². The number of aryl methyl sites for hydroxylation is 2. The number of rotatable bonds is 6. The van der Waals surface area contributed by atoms with E-state index in [2.05, 4.69) is 25.2 Å². The molecule has 0 aliphatic rings. The molecule has 0 radical (unpaired) electrons. The molecule has 1 atom stereocenters. The molecular weight excluding hydrogens is 250 g/mol. The molecule has 0 aromatic heterocycles. The van der Waals surface area contributed by atoms with E-state index in [1.54, 1.807) is 0 Å². The summed E-state index contributed by atoms with van der Waals surface area (Å²) < 4.78 is 0. The lowest BCUT2D eigenvalue weighted by Gasteiger charge is -2.17. The van der Waals surface area contributed by atoms with Gasteiger partial charge in [0, 0.05) is 6.08 Å². The van der Waals surface area contributed by atoms with Crippen molar-refractivity contribution in [1.82, 2.24) is 5.32 Å². The number of benzene rings is 1. The maximum atomic E-state index is 11.8. The maximum Gasteiger partial charge on any atom is 0.244 e. The zero-order chi connectivity index (χ0) is 15.1. The van der Waals surface area contributed by atoms with E-state index < -0.39 is 0 Å². The van der Waals surface area contributed by atoms with Crippen LogP contribution in [0.3, 0.4) is 0 Å². The van der Waals surface area contributed by atoms with E-state index in [-0.39, 0.29) is 18.6 Å². The van der Waals surface area contributed by atoms with Gasteiger partial charge >= 0.3 is 0 Å². The van der Waals surface area contributed by atoms with Crippen LogP contribution in [0.1, 0.15) is 37.0 Å². The summed E-state index contributed by atoms with van der Waals surface area (Å²) in [6.45, 7) is 8.19. The van der Waals surface area contributed by atoms with Crippen molar-refractivity contribution in [3.05, 3.63) is 41.0 Å². The summed E-state index contributed by atoms with van der Waals surface area (Å²) in [6, 6.07) is 5.95. The number of hydrogen-bond donors (Lipinski definition) is 2. The molecule has 110 valence electrons. The minimum Gasteiger partial charge on any atom is -0.394 e. The van der Waals surface area contributed by atoms with Crippen molar-refractivity contribution in [2.45, 2.75) is 40.2 Å². The van der Waals surface area contributed by atoms with E-state index in [0.717, 1.165) is 17.5 Å². The Hall–Kier alpha value is -1.61. The van der Waals surface area contributed by atoms with Gasteiger partial charge in [0.15, 0.2) is 0 Å². The summed E-state index contributed by atoms with van der Waals surface area (Å²) >= 11 is 0. The van der Waals surface area contributed by atoms with E-state index in [4.69, 9.17) is 0 Å². The third kappa shape index (κ3) is 5.57. The van der Waals surface area contributed by atoms with Crippen molar-refractivity contribution in [3.8, 4) is 0 Å². The molecule has 3 nitrogen and oxygen atoms in total. The molecule has 1 aromatic carbocycles. The molecule has 1 rings (SSSR count). The van der Waals surface area contributed by atoms with Gasteiger partial charge in [-0.3, -0.25) is 4.79 Å². The molecule has 1 amide bonds. The highest BCUT2D eigenvalue weighted by Gasteiger charge is 2.11. The minimum absolute atomic E-state index is 0.0265. The number of carbonyl (C=O) groups is 1. The van der Waals surface area contributed by atoms with Crippen LogP contribution in [-0.2, 0) is 4.79 Å². The van der Waals surface area contributed by atoms with Crippen LogP contribution in [-0.4, -0.2) is 23.7 Å². The van der Waals surface area contributed by atoms with Crippen LogP contribution in [0.5, 0.6) is 0 Å². The normalized spacial score (nSPS) is 12.9. The van der Waals surface area contributed by atoms with Crippen LogP contribution in [0.25, 0.3) is 6.08 Å². The predicted octanol–water partition coefficient (Wildman–Crippen LogP) is 2.84. The first-order chi connectivity index (χ1) is 9.42. The molecule has 0 fully saturated rings. The van der Waals surface area contributed by atoms with Crippen molar-refractivity contribution in [2.75, 3.05) is 6.61 Å². The molecule has 0 saturated heterocycles. The van der Waals surface area contributed by atoms with E-state index in [1.165, 1.54) is 11.6 Å². The van der Waals surface area contributed by atoms with Gasteiger partial charge < -0.3 is 10.4 Å². The number of amides is 1. The SMILES string of the molecule is Cc1ccc(/C=C/C(=O)NC(CO)CC(C)C)c(C)c1. The van der Waals surface area contributed by atoms with Gasteiger partial charge in [0.1, 0.15) is 0 Å². The Morgan fingerprint density at radius 1 is 1.35 bits per heavy atom. The third-order valence-corrected chi connectivity index (χ3v) is 3.16. The van der Waals surface area contributed by atoms with Crippen LogP contribution in [0.15, 0.2) is 24.3 Å². The second-order valence-corrected chi connectivity index (χ2v) is 5.71. The Morgan fingerprint density at radius 2 is 2.05 bits per heavy atom. The van der Waals surface area contributed by atoms with E-state index in [0.29, 0.717) is 5.92 Å². The van der Waals surface area contributed by atoms with Crippen molar-refractivity contribution in [2.24, 2.45) is 5.92 Å². The molecule has 0 spiro atoms. The topological polar surface area (TPSA) is 49.3 Å². The lowest BCUT2D eigenvalue weighted by atomic mass is 10.0. The van der Waals surface area contributed by atoms with E-state index in [9.17, 15) is 9.90 Å². The summed E-state index contributed by atoms with van der Waals surface area (Å²) in [5.74, 6) is 0.278. The summed E-state index contributed by atoms with van der Waals surface area (Å²) in [7, 11) is 0. The largest absolute Gasteiger partial charge is 0.394 e.